The van der Waals surface area contributed by atoms with E-state index in [2.05, 4.69) is 26.1 Å². The second-order valence-electron chi connectivity index (χ2n) is 8.12. The van der Waals surface area contributed by atoms with Crippen molar-refractivity contribution in [2.75, 3.05) is 11.5 Å². The van der Waals surface area contributed by atoms with Crippen LogP contribution in [0.15, 0.2) is 77.3 Å². The number of aromatic nitrogens is 2. The molecule has 170 valence electrons. The molecule has 1 amide bonds. The predicted octanol–water partition coefficient (Wildman–Crippen LogP) is 6.07. The number of carbonyl (C=O) groups excluding carboxylic acids is 2. The fraction of sp³-hybridized carbons (Fsp3) is 0.148. The Morgan fingerprint density at radius 3 is 2.35 bits per heavy atom. The molecule has 0 fully saturated rings. The quantitative estimate of drug-likeness (QED) is 0.327. The number of H-pyrrole nitrogens is 1. The molecular formula is C27H22BrN3O3. The molecule has 2 heterocycles. The third-order valence-corrected chi connectivity index (χ3v) is 6.46. The van der Waals surface area contributed by atoms with Crippen molar-refractivity contribution >= 4 is 33.5 Å². The summed E-state index contributed by atoms with van der Waals surface area (Å²) in [5.41, 5.74) is 6.24. The molecule has 0 aliphatic carbocycles. The Labute approximate surface area is 205 Å². The number of aryl methyl sites for hydroxylation is 1. The first-order valence-corrected chi connectivity index (χ1v) is 11.8. The maximum atomic E-state index is 13.6. The summed E-state index contributed by atoms with van der Waals surface area (Å²) in [7, 11) is 0. The van der Waals surface area contributed by atoms with Crippen LogP contribution in [0.25, 0.3) is 11.3 Å². The number of hydrogen-bond acceptors (Lipinski definition) is 4. The number of nitrogens with zero attached hydrogens (tertiary/aromatic N) is 2. The van der Waals surface area contributed by atoms with Crippen molar-refractivity contribution in [3.63, 3.8) is 0 Å². The lowest BCUT2D eigenvalue weighted by molar-refractivity contribution is 0.0526. The molecule has 0 radical (unpaired) electrons. The molecule has 1 aliphatic heterocycles. The first-order valence-electron chi connectivity index (χ1n) is 11.0. The van der Waals surface area contributed by atoms with E-state index in [1.165, 1.54) is 0 Å². The summed E-state index contributed by atoms with van der Waals surface area (Å²) in [5.74, 6) is -0.556. The van der Waals surface area contributed by atoms with E-state index in [0.29, 0.717) is 23.6 Å². The zero-order chi connectivity index (χ0) is 23.8. The van der Waals surface area contributed by atoms with Crippen LogP contribution < -0.4 is 4.90 Å². The van der Waals surface area contributed by atoms with Crippen molar-refractivity contribution in [1.29, 1.82) is 0 Å². The molecule has 34 heavy (non-hydrogen) atoms. The highest BCUT2D eigenvalue weighted by Gasteiger charge is 2.43. The van der Waals surface area contributed by atoms with Crippen molar-refractivity contribution in [1.82, 2.24) is 10.2 Å². The molecule has 1 N–H and O–H groups in total. The fourth-order valence-corrected chi connectivity index (χ4v) is 4.54. The van der Waals surface area contributed by atoms with Crippen LogP contribution in [-0.2, 0) is 4.74 Å². The number of anilines is 1. The van der Waals surface area contributed by atoms with Gasteiger partial charge >= 0.3 is 5.97 Å². The molecule has 1 atom stereocenters. The molecule has 6 nitrogen and oxygen atoms in total. The number of amides is 1. The number of benzene rings is 3. The second kappa shape index (κ2) is 8.91. The van der Waals surface area contributed by atoms with Crippen LogP contribution in [0.5, 0.6) is 0 Å². The summed E-state index contributed by atoms with van der Waals surface area (Å²) >= 11 is 3.50. The Kier molecular flexibility index (Phi) is 5.79. The van der Waals surface area contributed by atoms with E-state index in [1.807, 2.05) is 55.5 Å². The van der Waals surface area contributed by atoms with Gasteiger partial charge in [-0.1, -0.05) is 57.9 Å². The Morgan fingerprint density at radius 2 is 1.71 bits per heavy atom. The molecule has 0 spiro atoms. The van der Waals surface area contributed by atoms with Gasteiger partial charge in [-0.25, -0.2) is 4.79 Å². The van der Waals surface area contributed by atoms with E-state index < -0.39 is 0 Å². The van der Waals surface area contributed by atoms with E-state index in [0.717, 1.165) is 32.4 Å². The van der Waals surface area contributed by atoms with E-state index in [9.17, 15) is 9.59 Å². The SMILES string of the molecule is CCOC(=O)c1ccc(N2C(=O)c3[nH]nc(-c4ccc(C)cc4)c3[C@H]2c2ccc(Br)cc2)cc1. The number of aromatic amines is 1. The largest absolute Gasteiger partial charge is 0.462 e. The molecule has 0 bridgehead atoms. The van der Waals surface area contributed by atoms with Crippen LogP contribution in [0.4, 0.5) is 5.69 Å². The second-order valence-corrected chi connectivity index (χ2v) is 9.04. The van der Waals surface area contributed by atoms with Crippen LogP contribution >= 0.6 is 15.9 Å². The molecular weight excluding hydrogens is 494 g/mol. The molecule has 7 heteroatoms. The van der Waals surface area contributed by atoms with Crippen LogP contribution in [0.3, 0.4) is 0 Å². The average Bonchev–Trinajstić information content (AvgIpc) is 3.39. The first kappa shape index (κ1) is 22.1. The maximum absolute atomic E-state index is 13.6. The number of nitrogens with one attached hydrogen (secondary N) is 1. The third-order valence-electron chi connectivity index (χ3n) is 5.94. The summed E-state index contributed by atoms with van der Waals surface area (Å²) in [4.78, 5) is 27.5. The number of fused-ring (bicyclic) bond motifs is 1. The van der Waals surface area contributed by atoms with Gasteiger partial charge in [0.1, 0.15) is 5.69 Å². The van der Waals surface area contributed by atoms with Gasteiger partial charge in [0.2, 0.25) is 0 Å². The Morgan fingerprint density at radius 1 is 1.03 bits per heavy atom. The zero-order valence-electron chi connectivity index (χ0n) is 18.7. The van der Waals surface area contributed by atoms with Gasteiger partial charge in [0.25, 0.3) is 5.91 Å². The number of carbonyl (C=O) groups is 2. The van der Waals surface area contributed by atoms with Gasteiger partial charge in [0, 0.05) is 21.3 Å². The molecule has 0 unspecified atom stereocenters. The highest BCUT2D eigenvalue weighted by molar-refractivity contribution is 9.10. The van der Waals surface area contributed by atoms with Crippen LogP contribution in [0.1, 0.15) is 50.5 Å². The summed E-state index contributed by atoms with van der Waals surface area (Å²) in [6.45, 7) is 4.11. The van der Waals surface area contributed by atoms with Crippen molar-refractivity contribution in [2.45, 2.75) is 19.9 Å². The van der Waals surface area contributed by atoms with E-state index in [-0.39, 0.29) is 17.9 Å². The zero-order valence-corrected chi connectivity index (χ0v) is 20.3. The lowest BCUT2D eigenvalue weighted by atomic mass is 9.95. The molecule has 3 aromatic carbocycles. The van der Waals surface area contributed by atoms with Crippen LogP contribution in [-0.4, -0.2) is 28.7 Å². The van der Waals surface area contributed by atoms with Gasteiger partial charge in [-0.2, -0.15) is 5.10 Å². The van der Waals surface area contributed by atoms with E-state index in [4.69, 9.17) is 4.74 Å². The summed E-state index contributed by atoms with van der Waals surface area (Å²) in [6.07, 6.45) is 0. The van der Waals surface area contributed by atoms with Gasteiger partial charge in [0.15, 0.2) is 0 Å². The molecule has 0 saturated heterocycles. The Bertz CT molecular complexity index is 1360. The highest BCUT2D eigenvalue weighted by Crippen LogP contribution is 2.45. The Balaban J connectivity index is 1.63. The maximum Gasteiger partial charge on any atom is 0.338 e. The highest BCUT2D eigenvalue weighted by atomic mass is 79.9. The minimum Gasteiger partial charge on any atom is -0.462 e. The van der Waals surface area contributed by atoms with Gasteiger partial charge < -0.3 is 4.74 Å². The van der Waals surface area contributed by atoms with Gasteiger partial charge in [-0.05, 0) is 55.8 Å². The summed E-state index contributed by atoms with van der Waals surface area (Å²) in [5, 5.41) is 7.51. The monoisotopic (exact) mass is 515 g/mol. The van der Waals surface area contributed by atoms with E-state index in [1.54, 1.807) is 36.1 Å². The smallest absolute Gasteiger partial charge is 0.338 e. The molecule has 1 aromatic heterocycles. The third kappa shape index (κ3) is 3.82. The fourth-order valence-electron chi connectivity index (χ4n) is 4.28. The number of hydrogen-bond donors (Lipinski definition) is 1. The normalized spacial score (nSPS) is 14.9. The molecule has 5 rings (SSSR count). The summed E-state index contributed by atoms with van der Waals surface area (Å²) < 4.78 is 6.05. The van der Waals surface area contributed by atoms with Crippen molar-refractivity contribution in [3.8, 4) is 11.3 Å². The first-order chi connectivity index (χ1) is 16.5. The Hall–Kier alpha value is -3.71. The predicted molar refractivity (Wildman–Crippen MR) is 134 cm³/mol. The summed E-state index contributed by atoms with van der Waals surface area (Å²) in [6, 6.07) is 22.6. The standard InChI is InChI=1S/C27H22BrN3O3/c1-3-34-27(33)19-10-14-21(15-11-19)31-25(18-8-12-20(28)13-9-18)22-23(29-30-24(22)26(31)32)17-6-4-16(2)5-7-17/h4-15,25H,3H2,1-2H3,(H,29,30)/t25-/m1/s1. The van der Waals surface area contributed by atoms with Crippen molar-refractivity contribution in [3.05, 3.63) is 105 Å². The van der Waals surface area contributed by atoms with Crippen molar-refractivity contribution < 1.29 is 14.3 Å². The molecule has 1 aliphatic rings. The van der Waals surface area contributed by atoms with E-state index >= 15 is 0 Å². The van der Waals surface area contributed by atoms with Gasteiger partial charge in [-0.3, -0.25) is 14.8 Å². The lowest BCUT2D eigenvalue weighted by Crippen LogP contribution is -2.29. The number of halogens is 1. The average molecular weight is 516 g/mol. The van der Waals surface area contributed by atoms with Crippen LogP contribution in [0.2, 0.25) is 0 Å². The van der Waals surface area contributed by atoms with Crippen LogP contribution in [0, 0.1) is 6.92 Å². The van der Waals surface area contributed by atoms with Gasteiger partial charge in [-0.15, -0.1) is 0 Å². The molecule has 0 saturated carbocycles. The number of rotatable bonds is 5. The van der Waals surface area contributed by atoms with Gasteiger partial charge in [0.05, 0.1) is 23.9 Å². The van der Waals surface area contributed by atoms with Crippen molar-refractivity contribution in [2.24, 2.45) is 0 Å². The number of ether oxygens (including phenoxy) is 1. The lowest BCUT2D eigenvalue weighted by Gasteiger charge is -2.26. The minimum atomic E-state index is -0.387. The number of esters is 1. The topological polar surface area (TPSA) is 75.3 Å². The minimum absolute atomic E-state index is 0.169. The molecule has 4 aromatic rings.